The van der Waals surface area contributed by atoms with Crippen molar-refractivity contribution in [3.8, 4) is 0 Å². The molecular formula is C7H10N4O. The number of rotatable bonds is 2. The van der Waals surface area contributed by atoms with Gasteiger partial charge in [-0.3, -0.25) is 0 Å². The molecule has 1 rings (SSSR count). The maximum atomic E-state index is 10.5. The Balaban J connectivity index is 2.77. The topological polar surface area (TPSA) is 61.4 Å². The molecule has 0 unspecified atom stereocenters. The van der Waals surface area contributed by atoms with Crippen molar-refractivity contribution in [1.82, 2.24) is 14.9 Å². The van der Waals surface area contributed by atoms with Crippen LogP contribution in [-0.2, 0) is 0 Å². The molecule has 0 amide bonds. The van der Waals surface area contributed by atoms with Crippen LogP contribution in [0.3, 0.4) is 0 Å². The first-order valence-electron chi connectivity index (χ1n) is 3.44. The highest BCUT2D eigenvalue weighted by Crippen LogP contribution is 2.02. The molecule has 0 saturated carbocycles. The van der Waals surface area contributed by atoms with Gasteiger partial charge in [0.2, 0.25) is 0 Å². The van der Waals surface area contributed by atoms with E-state index in [0.717, 1.165) is 0 Å². The third-order valence-electron chi connectivity index (χ3n) is 1.10. The minimum Gasteiger partial charge on any atom is -0.369 e. The van der Waals surface area contributed by atoms with E-state index in [1.165, 1.54) is 12.4 Å². The number of aliphatic imine (C=N–C) groups is 1. The maximum Gasteiger partial charge on any atom is 0.345 e. The third-order valence-corrected chi connectivity index (χ3v) is 1.10. The standard InChI is InChI=1S/C7H10N4O/c1-11(2)5-10-6-3-8-7(12)9-4-6/h3-5H,1-2H3,(H,8,9,12). The van der Waals surface area contributed by atoms with E-state index in [2.05, 4.69) is 15.0 Å². The molecule has 12 heavy (non-hydrogen) atoms. The van der Waals surface area contributed by atoms with E-state index in [4.69, 9.17) is 0 Å². The number of hydrogen-bond donors (Lipinski definition) is 1. The second kappa shape index (κ2) is 3.66. The van der Waals surface area contributed by atoms with E-state index >= 15 is 0 Å². The Morgan fingerprint density at radius 1 is 1.67 bits per heavy atom. The molecule has 0 aliphatic heterocycles. The summed E-state index contributed by atoms with van der Waals surface area (Å²) < 4.78 is 0. The zero-order chi connectivity index (χ0) is 8.97. The Hall–Kier alpha value is -1.65. The van der Waals surface area contributed by atoms with Crippen LogP contribution in [0.4, 0.5) is 5.69 Å². The summed E-state index contributed by atoms with van der Waals surface area (Å²) in [6.45, 7) is 0. The van der Waals surface area contributed by atoms with E-state index in [0.29, 0.717) is 5.69 Å². The van der Waals surface area contributed by atoms with Gasteiger partial charge < -0.3 is 9.88 Å². The summed E-state index contributed by atoms with van der Waals surface area (Å²) in [6, 6.07) is 0. The molecule has 0 saturated heterocycles. The van der Waals surface area contributed by atoms with Crippen molar-refractivity contribution >= 4 is 12.0 Å². The first kappa shape index (κ1) is 8.45. The molecule has 0 aliphatic carbocycles. The zero-order valence-electron chi connectivity index (χ0n) is 6.98. The van der Waals surface area contributed by atoms with Gasteiger partial charge in [0.1, 0.15) is 0 Å². The summed E-state index contributed by atoms with van der Waals surface area (Å²) in [7, 11) is 3.73. The van der Waals surface area contributed by atoms with Gasteiger partial charge in [-0.1, -0.05) is 0 Å². The summed E-state index contributed by atoms with van der Waals surface area (Å²) in [5.41, 5.74) is 0.266. The molecule has 5 nitrogen and oxygen atoms in total. The fraction of sp³-hybridized carbons (Fsp3) is 0.286. The van der Waals surface area contributed by atoms with Crippen molar-refractivity contribution in [3.05, 3.63) is 22.9 Å². The van der Waals surface area contributed by atoms with E-state index in [-0.39, 0.29) is 5.69 Å². The molecule has 0 spiro atoms. The molecule has 0 aliphatic rings. The van der Waals surface area contributed by atoms with E-state index in [1.54, 1.807) is 11.2 Å². The lowest BCUT2D eigenvalue weighted by molar-refractivity contribution is 0.643. The van der Waals surface area contributed by atoms with Gasteiger partial charge in [-0.25, -0.2) is 9.79 Å². The average molecular weight is 166 g/mol. The second-order valence-corrected chi connectivity index (χ2v) is 2.49. The molecule has 0 fully saturated rings. The smallest absolute Gasteiger partial charge is 0.345 e. The number of aromatic nitrogens is 2. The molecule has 1 aromatic rings. The number of nitrogens with zero attached hydrogens (tertiary/aromatic N) is 3. The fourth-order valence-corrected chi connectivity index (χ4v) is 0.588. The monoisotopic (exact) mass is 166 g/mol. The zero-order valence-corrected chi connectivity index (χ0v) is 6.98. The molecule has 1 aromatic heterocycles. The maximum absolute atomic E-state index is 10.5. The quantitative estimate of drug-likeness (QED) is 0.496. The highest BCUT2D eigenvalue weighted by molar-refractivity contribution is 5.59. The summed E-state index contributed by atoms with van der Waals surface area (Å²) >= 11 is 0. The summed E-state index contributed by atoms with van der Waals surface area (Å²) in [4.78, 5) is 22.3. The number of H-pyrrole nitrogens is 1. The summed E-state index contributed by atoms with van der Waals surface area (Å²) in [5, 5.41) is 0. The van der Waals surface area contributed by atoms with Crippen molar-refractivity contribution in [3.63, 3.8) is 0 Å². The van der Waals surface area contributed by atoms with Gasteiger partial charge in [0.25, 0.3) is 0 Å². The molecular weight excluding hydrogens is 156 g/mol. The third kappa shape index (κ3) is 2.53. The largest absolute Gasteiger partial charge is 0.369 e. The van der Waals surface area contributed by atoms with Gasteiger partial charge in [-0.2, -0.15) is 4.98 Å². The van der Waals surface area contributed by atoms with Crippen LogP contribution in [0.15, 0.2) is 22.2 Å². The van der Waals surface area contributed by atoms with Crippen molar-refractivity contribution in [2.24, 2.45) is 4.99 Å². The highest BCUT2D eigenvalue weighted by Gasteiger charge is 1.87. The summed E-state index contributed by atoms with van der Waals surface area (Å²) in [5.74, 6) is 0. The van der Waals surface area contributed by atoms with E-state index < -0.39 is 0 Å². The Bertz CT molecular complexity index is 308. The van der Waals surface area contributed by atoms with Gasteiger partial charge in [0, 0.05) is 20.3 Å². The van der Waals surface area contributed by atoms with Crippen LogP contribution in [0, 0.1) is 0 Å². The van der Waals surface area contributed by atoms with Gasteiger partial charge >= 0.3 is 5.69 Å². The highest BCUT2D eigenvalue weighted by atomic mass is 16.1. The van der Waals surface area contributed by atoms with Crippen LogP contribution in [-0.4, -0.2) is 35.3 Å². The first-order chi connectivity index (χ1) is 5.68. The van der Waals surface area contributed by atoms with Crippen molar-refractivity contribution in [1.29, 1.82) is 0 Å². The second-order valence-electron chi connectivity index (χ2n) is 2.49. The molecule has 1 N–H and O–H groups in total. The lowest BCUT2D eigenvalue weighted by Gasteiger charge is -2.00. The summed E-state index contributed by atoms with van der Waals surface area (Å²) in [6.07, 6.45) is 4.56. The van der Waals surface area contributed by atoms with E-state index in [1.807, 2.05) is 14.1 Å². The van der Waals surface area contributed by atoms with Crippen molar-refractivity contribution in [2.45, 2.75) is 0 Å². The first-order valence-corrected chi connectivity index (χ1v) is 3.44. The Morgan fingerprint density at radius 2 is 2.42 bits per heavy atom. The average Bonchev–Trinajstić information content (AvgIpc) is 2.03. The van der Waals surface area contributed by atoms with Gasteiger partial charge in [-0.15, -0.1) is 0 Å². The lowest BCUT2D eigenvalue weighted by Crippen LogP contribution is -2.08. The van der Waals surface area contributed by atoms with Crippen LogP contribution >= 0.6 is 0 Å². The van der Waals surface area contributed by atoms with Gasteiger partial charge in [0.05, 0.1) is 18.2 Å². The molecule has 0 radical (unpaired) electrons. The van der Waals surface area contributed by atoms with Crippen molar-refractivity contribution in [2.75, 3.05) is 14.1 Å². The predicted molar refractivity (Wildman–Crippen MR) is 46.7 cm³/mol. The number of nitrogens with one attached hydrogen (secondary N) is 1. The molecule has 0 bridgehead atoms. The molecule has 64 valence electrons. The SMILES string of the molecule is CN(C)C=Nc1cnc(=O)[nH]c1. The van der Waals surface area contributed by atoms with Crippen LogP contribution in [0.1, 0.15) is 0 Å². The van der Waals surface area contributed by atoms with E-state index in [9.17, 15) is 4.79 Å². The fourth-order valence-electron chi connectivity index (χ4n) is 0.588. The normalized spacial score (nSPS) is 10.5. The van der Waals surface area contributed by atoms with Gasteiger partial charge in [0.15, 0.2) is 0 Å². The lowest BCUT2D eigenvalue weighted by atomic mass is 10.6. The minimum absolute atomic E-state index is 0.362. The van der Waals surface area contributed by atoms with Crippen LogP contribution in [0.5, 0.6) is 0 Å². The van der Waals surface area contributed by atoms with Gasteiger partial charge in [-0.05, 0) is 0 Å². The van der Waals surface area contributed by atoms with Crippen LogP contribution < -0.4 is 5.69 Å². The molecule has 1 heterocycles. The van der Waals surface area contributed by atoms with Crippen molar-refractivity contribution < 1.29 is 0 Å². The Kier molecular flexibility index (Phi) is 2.57. The number of hydrogen-bond acceptors (Lipinski definition) is 3. The molecule has 0 atom stereocenters. The number of aromatic amines is 1. The molecule has 5 heteroatoms. The molecule has 0 aromatic carbocycles. The van der Waals surface area contributed by atoms with Crippen LogP contribution in [0.25, 0.3) is 0 Å². The Labute approximate surface area is 69.8 Å². The van der Waals surface area contributed by atoms with Crippen LogP contribution in [0.2, 0.25) is 0 Å². The predicted octanol–water partition coefficient (Wildman–Crippen LogP) is -0.00870. The minimum atomic E-state index is -0.362. The Morgan fingerprint density at radius 3 is 2.92 bits per heavy atom.